The van der Waals surface area contributed by atoms with Gasteiger partial charge in [-0.25, -0.2) is 4.98 Å². The highest BCUT2D eigenvalue weighted by Crippen LogP contribution is 2.33. The highest BCUT2D eigenvalue weighted by Gasteiger charge is 2.32. The molecule has 1 aliphatic heterocycles. The van der Waals surface area contributed by atoms with Crippen LogP contribution in [0.2, 0.25) is 0 Å². The van der Waals surface area contributed by atoms with E-state index in [1.807, 2.05) is 17.9 Å². The summed E-state index contributed by atoms with van der Waals surface area (Å²) in [6.45, 7) is 2.68. The number of morpholine rings is 1. The zero-order chi connectivity index (χ0) is 18.7. The van der Waals surface area contributed by atoms with Gasteiger partial charge in [0.15, 0.2) is 0 Å². The van der Waals surface area contributed by atoms with E-state index >= 15 is 0 Å². The lowest BCUT2D eigenvalue weighted by Crippen LogP contribution is -2.48. The van der Waals surface area contributed by atoms with E-state index in [-0.39, 0.29) is 12.7 Å². The van der Waals surface area contributed by atoms with Gasteiger partial charge in [0.1, 0.15) is 28.8 Å². The van der Waals surface area contributed by atoms with Crippen molar-refractivity contribution >= 4 is 28.8 Å². The van der Waals surface area contributed by atoms with Crippen LogP contribution in [0.5, 0.6) is 5.75 Å². The van der Waals surface area contributed by atoms with Crippen LogP contribution >= 0.6 is 12.0 Å². The third-order valence-electron chi connectivity index (χ3n) is 3.86. The molecule has 3 rings (SSSR count). The van der Waals surface area contributed by atoms with E-state index in [4.69, 9.17) is 9.47 Å². The number of nitrogens with zero attached hydrogens (tertiary/aromatic N) is 3. The van der Waals surface area contributed by atoms with Crippen LogP contribution in [0.1, 0.15) is 6.92 Å². The first kappa shape index (κ1) is 19.0. The van der Waals surface area contributed by atoms with E-state index in [0.29, 0.717) is 29.9 Å². The summed E-state index contributed by atoms with van der Waals surface area (Å²) in [7, 11) is 1.56. The molecule has 142 valence electrons. The molecule has 2 atom stereocenters. The third-order valence-corrected chi connectivity index (χ3v) is 4.30. The molecule has 6 nitrogen and oxygen atoms in total. The number of rotatable bonds is 5. The van der Waals surface area contributed by atoms with Crippen molar-refractivity contribution in [3.05, 3.63) is 24.5 Å². The zero-order valence-electron chi connectivity index (χ0n) is 14.2. The van der Waals surface area contributed by atoms with Crippen LogP contribution in [0.25, 0.3) is 11.0 Å². The quantitative estimate of drug-likeness (QED) is 0.727. The lowest BCUT2D eigenvalue weighted by atomic mass is 10.1. The van der Waals surface area contributed by atoms with E-state index in [2.05, 4.69) is 14.2 Å². The van der Waals surface area contributed by atoms with Crippen LogP contribution in [0, 0.1) is 0 Å². The van der Waals surface area contributed by atoms with Gasteiger partial charge in [-0.3, -0.25) is 4.98 Å². The summed E-state index contributed by atoms with van der Waals surface area (Å²) in [5.74, 6) is 0.611. The number of alkyl halides is 3. The first-order chi connectivity index (χ1) is 12.4. The average Bonchev–Trinajstić information content (AvgIpc) is 2.59. The largest absolute Gasteiger partial charge is 0.494 e. The minimum atomic E-state index is -4.43. The number of hydrogen-bond acceptors (Lipinski definition) is 7. The smallest absolute Gasteiger partial charge is 0.467 e. The number of aromatic nitrogens is 2. The highest BCUT2D eigenvalue weighted by molar-refractivity contribution is 7.95. The van der Waals surface area contributed by atoms with Crippen molar-refractivity contribution in [3.63, 3.8) is 0 Å². The number of halogens is 3. The second kappa shape index (κ2) is 7.85. The van der Waals surface area contributed by atoms with Crippen molar-refractivity contribution < 1.29 is 26.8 Å². The lowest BCUT2D eigenvalue weighted by molar-refractivity contribution is -0.0521. The van der Waals surface area contributed by atoms with Crippen molar-refractivity contribution in [2.75, 3.05) is 31.7 Å². The van der Waals surface area contributed by atoms with Gasteiger partial charge in [0.25, 0.3) is 0 Å². The predicted molar refractivity (Wildman–Crippen MR) is 92.2 cm³/mol. The molecule has 10 heteroatoms. The van der Waals surface area contributed by atoms with Crippen LogP contribution < -0.4 is 9.64 Å². The Morgan fingerprint density at radius 1 is 1.23 bits per heavy atom. The van der Waals surface area contributed by atoms with Gasteiger partial charge in [-0.2, -0.15) is 13.2 Å². The van der Waals surface area contributed by atoms with Crippen LogP contribution in [-0.4, -0.2) is 54.5 Å². The minimum absolute atomic E-state index is 0.162. The van der Waals surface area contributed by atoms with Gasteiger partial charge in [-0.1, -0.05) is 0 Å². The van der Waals surface area contributed by atoms with Gasteiger partial charge < -0.3 is 18.6 Å². The molecule has 26 heavy (non-hydrogen) atoms. The molecule has 0 bridgehead atoms. The van der Waals surface area contributed by atoms with Crippen molar-refractivity contribution in [1.29, 1.82) is 0 Å². The van der Waals surface area contributed by atoms with Crippen LogP contribution in [0.4, 0.5) is 18.9 Å². The number of fused-ring (bicyclic) bond motifs is 1. The molecule has 0 aliphatic carbocycles. The first-order valence-corrected chi connectivity index (χ1v) is 8.67. The standard InChI is InChI=1S/C16H18F3N3O3S/c1-10-7-22(8-11(25-10)9-24-26-16(17,18)19)12-3-4-13(23-2)15-14(12)20-5-6-21-15/h3-6,10-11H,7-9H2,1-2H3. The molecule has 0 spiro atoms. The number of ether oxygens (including phenoxy) is 2. The molecule has 2 heterocycles. The molecule has 1 saturated heterocycles. The fraction of sp³-hybridized carbons (Fsp3) is 0.500. The van der Waals surface area contributed by atoms with Crippen molar-refractivity contribution in [1.82, 2.24) is 9.97 Å². The summed E-state index contributed by atoms with van der Waals surface area (Å²) < 4.78 is 52.4. The second-order valence-corrected chi connectivity index (χ2v) is 6.69. The monoisotopic (exact) mass is 389 g/mol. The summed E-state index contributed by atoms with van der Waals surface area (Å²) >= 11 is -0.504. The van der Waals surface area contributed by atoms with E-state index in [0.717, 1.165) is 5.69 Å². The molecule has 2 aromatic rings. The fourth-order valence-electron chi connectivity index (χ4n) is 2.95. The van der Waals surface area contributed by atoms with Crippen LogP contribution in [0.3, 0.4) is 0 Å². The summed E-state index contributed by atoms with van der Waals surface area (Å²) in [6, 6.07) is 3.67. The zero-order valence-corrected chi connectivity index (χ0v) is 15.0. The van der Waals surface area contributed by atoms with Gasteiger partial charge in [0.05, 0.1) is 31.6 Å². The van der Waals surface area contributed by atoms with Gasteiger partial charge in [-0.15, -0.1) is 0 Å². The van der Waals surface area contributed by atoms with E-state index < -0.39 is 23.7 Å². The summed E-state index contributed by atoms with van der Waals surface area (Å²) in [5.41, 5.74) is -2.29. The Hall–Kier alpha value is -1.78. The lowest BCUT2D eigenvalue weighted by Gasteiger charge is -2.38. The van der Waals surface area contributed by atoms with Crippen LogP contribution in [-0.2, 0) is 8.92 Å². The van der Waals surface area contributed by atoms with E-state index in [1.54, 1.807) is 25.6 Å². The Labute approximate surface area is 152 Å². The SMILES string of the molecule is COc1ccc(N2CC(C)OC(COSC(F)(F)F)C2)c2nccnc12. The number of benzene rings is 1. The highest BCUT2D eigenvalue weighted by atomic mass is 32.2. The molecule has 0 N–H and O–H groups in total. The average molecular weight is 389 g/mol. The van der Waals surface area contributed by atoms with Gasteiger partial charge in [0, 0.05) is 25.5 Å². The third kappa shape index (κ3) is 4.49. The summed E-state index contributed by atoms with van der Waals surface area (Å²) in [6.07, 6.45) is 2.53. The van der Waals surface area contributed by atoms with E-state index in [1.165, 1.54) is 0 Å². The fourth-order valence-corrected chi connectivity index (χ4v) is 3.30. The Bertz CT molecular complexity index is 762. The molecule has 0 radical (unpaired) electrons. The molecule has 1 aromatic heterocycles. The number of methoxy groups -OCH3 is 1. The van der Waals surface area contributed by atoms with Crippen LogP contribution in [0.15, 0.2) is 24.5 Å². The van der Waals surface area contributed by atoms with Crippen molar-refractivity contribution in [2.45, 2.75) is 24.6 Å². The summed E-state index contributed by atoms with van der Waals surface area (Å²) in [4.78, 5) is 10.7. The molecule has 1 aliphatic rings. The summed E-state index contributed by atoms with van der Waals surface area (Å²) in [5, 5.41) is 0. The van der Waals surface area contributed by atoms with Crippen molar-refractivity contribution in [2.24, 2.45) is 0 Å². The normalized spacial score (nSPS) is 21.2. The molecular formula is C16H18F3N3O3S. The first-order valence-electron chi connectivity index (χ1n) is 7.93. The molecule has 0 amide bonds. The molecule has 1 aromatic carbocycles. The maximum Gasteiger partial charge on any atom is 0.467 e. The number of anilines is 1. The van der Waals surface area contributed by atoms with E-state index in [9.17, 15) is 13.2 Å². The van der Waals surface area contributed by atoms with Gasteiger partial charge >= 0.3 is 5.51 Å². The maximum atomic E-state index is 12.2. The van der Waals surface area contributed by atoms with Gasteiger partial charge in [-0.05, 0) is 19.1 Å². The topological polar surface area (TPSA) is 56.7 Å². The Morgan fingerprint density at radius 2 is 1.96 bits per heavy atom. The Balaban J connectivity index is 1.79. The maximum absolute atomic E-state index is 12.2. The molecule has 2 unspecified atom stereocenters. The molecular weight excluding hydrogens is 371 g/mol. The molecule has 0 saturated carbocycles. The molecule has 1 fully saturated rings. The second-order valence-electron chi connectivity index (χ2n) is 5.83. The van der Waals surface area contributed by atoms with Gasteiger partial charge in [0.2, 0.25) is 0 Å². The Morgan fingerprint density at radius 3 is 2.65 bits per heavy atom. The predicted octanol–water partition coefficient (Wildman–Crippen LogP) is 3.42. The number of hydrogen-bond donors (Lipinski definition) is 0. The van der Waals surface area contributed by atoms with Crippen molar-refractivity contribution in [3.8, 4) is 5.75 Å². The minimum Gasteiger partial charge on any atom is -0.494 e. The Kier molecular flexibility index (Phi) is 5.73.